The first-order chi connectivity index (χ1) is 16.0. The Kier molecular flexibility index (Phi) is 9.47. The van der Waals surface area contributed by atoms with Crippen LogP contribution in [0, 0.1) is 5.92 Å². The molecular weight excluding hydrogens is 451 g/mol. The number of hydrogen-bond acceptors (Lipinski definition) is 4. The molecule has 2 aromatic carbocycles. The molecule has 2 atom stereocenters. The fourth-order valence-corrected chi connectivity index (χ4v) is 3.22. The van der Waals surface area contributed by atoms with E-state index in [0.717, 1.165) is 17.7 Å². The van der Waals surface area contributed by atoms with Crippen LogP contribution in [-0.4, -0.2) is 30.0 Å². The lowest BCUT2D eigenvalue weighted by molar-refractivity contribution is -0.137. The van der Waals surface area contributed by atoms with Crippen molar-refractivity contribution in [3.05, 3.63) is 71.3 Å². The number of benzene rings is 2. The smallest absolute Gasteiger partial charge is 0.416 e. The van der Waals surface area contributed by atoms with Gasteiger partial charge in [-0.2, -0.15) is 13.2 Å². The maximum absolute atomic E-state index is 13.0. The minimum Gasteiger partial charge on any atom is -0.445 e. The molecule has 0 aliphatic carbocycles. The zero-order valence-corrected chi connectivity index (χ0v) is 18.9. The first-order valence-electron chi connectivity index (χ1n) is 10.7. The van der Waals surface area contributed by atoms with Crippen LogP contribution in [0.15, 0.2) is 54.6 Å². The highest BCUT2D eigenvalue weighted by Crippen LogP contribution is 2.29. The number of carbonyl (C=O) groups excluding carboxylic acids is 3. The highest BCUT2D eigenvalue weighted by molar-refractivity contribution is 5.90. The van der Waals surface area contributed by atoms with Crippen molar-refractivity contribution in [2.24, 2.45) is 11.7 Å². The molecule has 34 heavy (non-hydrogen) atoms. The van der Waals surface area contributed by atoms with Crippen LogP contribution in [-0.2, 0) is 33.5 Å². The zero-order valence-electron chi connectivity index (χ0n) is 18.9. The van der Waals surface area contributed by atoms with E-state index < -0.39 is 41.7 Å². The second kappa shape index (κ2) is 12.1. The van der Waals surface area contributed by atoms with Crippen molar-refractivity contribution in [2.45, 2.75) is 51.6 Å². The number of amides is 3. The summed E-state index contributed by atoms with van der Waals surface area (Å²) in [7, 11) is 0. The monoisotopic (exact) mass is 479 g/mol. The molecule has 4 N–H and O–H groups in total. The minimum absolute atomic E-state index is 0.000619. The summed E-state index contributed by atoms with van der Waals surface area (Å²) < 4.78 is 44.1. The van der Waals surface area contributed by atoms with Crippen LogP contribution in [0.5, 0.6) is 0 Å². The Morgan fingerprint density at radius 1 is 0.941 bits per heavy atom. The van der Waals surface area contributed by atoms with Gasteiger partial charge in [0, 0.05) is 6.42 Å². The fourth-order valence-electron chi connectivity index (χ4n) is 3.22. The summed E-state index contributed by atoms with van der Waals surface area (Å²) in [5, 5.41) is 4.92. The molecule has 7 nitrogen and oxygen atoms in total. The highest BCUT2D eigenvalue weighted by Gasteiger charge is 2.31. The lowest BCUT2D eigenvalue weighted by Gasteiger charge is -2.23. The van der Waals surface area contributed by atoms with Gasteiger partial charge in [-0.05, 0) is 29.5 Å². The number of rotatable bonds is 10. The summed E-state index contributed by atoms with van der Waals surface area (Å²) in [5.74, 6) is -1.61. The Bertz CT molecular complexity index is 981. The maximum atomic E-state index is 13.0. The molecule has 0 unspecified atom stereocenters. The molecular formula is C24H28F3N3O4. The Balaban J connectivity index is 2.06. The summed E-state index contributed by atoms with van der Waals surface area (Å²) in [6.45, 7) is 3.68. The summed E-state index contributed by atoms with van der Waals surface area (Å²) in [6, 6.07) is 11.1. The maximum Gasteiger partial charge on any atom is 0.416 e. The second-order valence-electron chi connectivity index (χ2n) is 8.25. The zero-order chi connectivity index (χ0) is 25.3. The van der Waals surface area contributed by atoms with E-state index in [4.69, 9.17) is 10.5 Å². The molecule has 0 bridgehead atoms. The van der Waals surface area contributed by atoms with Gasteiger partial charge in [-0.25, -0.2) is 4.79 Å². The first-order valence-corrected chi connectivity index (χ1v) is 10.7. The highest BCUT2D eigenvalue weighted by atomic mass is 19.4. The summed E-state index contributed by atoms with van der Waals surface area (Å²) >= 11 is 0. The minimum atomic E-state index is -4.55. The van der Waals surface area contributed by atoms with Crippen LogP contribution in [0.2, 0.25) is 0 Å². The fraction of sp³-hybridized carbons (Fsp3) is 0.375. The molecule has 184 valence electrons. The Hall–Kier alpha value is -3.56. The number of nitrogens with two attached hydrogens (primary N) is 1. The number of alkyl halides is 3. The van der Waals surface area contributed by atoms with E-state index in [9.17, 15) is 27.6 Å². The third-order valence-electron chi connectivity index (χ3n) is 4.88. The van der Waals surface area contributed by atoms with Crippen LogP contribution in [0.1, 0.15) is 37.0 Å². The van der Waals surface area contributed by atoms with Gasteiger partial charge in [-0.3, -0.25) is 9.59 Å². The van der Waals surface area contributed by atoms with Crippen molar-refractivity contribution in [1.82, 2.24) is 10.6 Å². The third-order valence-corrected chi connectivity index (χ3v) is 4.88. The van der Waals surface area contributed by atoms with Gasteiger partial charge in [0.15, 0.2) is 0 Å². The standard InChI is InChI=1S/C24H28F3N3O4/c1-15(2)11-20(30-23(33)34-14-16-7-4-3-5-8-16)22(32)29-19(21(28)31)13-17-9-6-10-18(12-17)24(25,26)27/h3-10,12,15,19-20H,11,13-14H2,1-2H3,(H2,28,31)(H,29,32)(H,30,33)/t19-,20+/m1/s1. The third kappa shape index (κ3) is 8.76. The Morgan fingerprint density at radius 3 is 2.18 bits per heavy atom. The molecule has 3 amide bonds. The topological polar surface area (TPSA) is 111 Å². The van der Waals surface area contributed by atoms with Gasteiger partial charge in [0.1, 0.15) is 18.7 Å². The van der Waals surface area contributed by atoms with E-state index in [1.807, 2.05) is 19.9 Å². The number of primary amides is 1. The lowest BCUT2D eigenvalue weighted by atomic mass is 10.0. The van der Waals surface area contributed by atoms with Crippen LogP contribution < -0.4 is 16.4 Å². The van der Waals surface area contributed by atoms with Crippen LogP contribution in [0.25, 0.3) is 0 Å². The average molecular weight is 479 g/mol. The largest absolute Gasteiger partial charge is 0.445 e. The molecule has 0 aliphatic heterocycles. The summed E-state index contributed by atoms with van der Waals surface area (Å²) in [5.41, 5.74) is 5.45. The summed E-state index contributed by atoms with van der Waals surface area (Å²) in [6.07, 6.45) is -5.37. The average Bonchev–Trinajstić information content (AvgIpc) is 2.76. The molecule has 0 heterocycles. The quantitative estimate of drug-likeness (QED) is 0.484. The Labute approximate surface area is 195 Å². The summed E-state index contributed by atoms with van der Waals surface area (Å²) in [4.78, 5) is 37.0. The van der Waals surface area contributed by atoms with Crippen molar-refractivity contribution in [3.8, 4) is 0 Å². The van der Waals surface area contributed by atoms with Crippen molar-refractivity contribution in [3.63, 3.8) is 0 Å². The first kappa shape index (κ1) is 26.7. The van der Waals surface area contributed by atoms with E-state index in [-0.39, 0.29) is 30.9 Å². The van der Waals surface area contributed by atoms with Gasteiger partial charge in [0.25, 0.3) is 0 Å². The SMILES string of the molecule is CC(C)C[C@H](NC(=O)OCc1ccccc1)C(=O)N[C@H](Cc1cccc(C(F)(F)F)c1)C(N)=O. The molecule has 0 spiro atoms. The van der Waals surface area contributed by atoms with Crippen molar-refractivity contribution >= 4 is 17.9 Å². The number of nitrogens with one attached hydrogen (secondary N) is 2. The van der Waals surface area contributed by atoms with Crippen molar-refractivity contribution < 1.29 is 32.3 Å². The number of hydrogen-bond donors (Lipinski definition) is 3. The number of alkyl carbamates (subject to hydrolysis) is 1. The van der Waals surface area contributed by atoms with Crippen LogP contribution in [0.3, 0.4) is 0 Å². The van der Waals surface area contributed by atoms with Crippen LogP contribution >= 0.6 is 0 Å². The second-order valence-corrected chi connectivity index (χ2v) is 8.25. The van der Waals surface area contributed by atoms with E-state index >= 15 is 0 Å². The van der Waals surface area contributed by atoms with Gasteiger partial charge in [-0.1, -0.05) is 62.4 Å². The van der Waals surface area contributed by atoms with Gasteiger partial charge >= 0.3 is 12.3 Å². The number of ether oxygens (including phenoxy) is 1. The van der Waals surface area contributed by atoms with Gasteiger partial charge < -0.3 is 21.1 Å². The molecule has 2 rings (SSSR count). The molecule has 2 aromatic rings. The number of halogens is 3. The van der Waals surface area contributed by atoms with Gasteiger partial charge in [0.2, 0.25) is 11.8 Å². The molecule has 0 saturated carbocycles. The van der Waals surface area contributed by atoms with Crippen molar-refractivity contribution in [2.75, 3.05) is 0 Å². The van der Waals surface area contributed by atoms with Crippen LogP contribution in [0.4, 0.5) is 18.0 Å². The Morgan fingerprint density at radius 2 is 1.59 bits per heavy atom. The molecule has 0 radical (unpaired) electrons. The predicted octanol–water partition coefficient (Wildman–Crippen LogP) is 3.56. The molecule has 0 aromatic heterocycles. The predicted molar refractivity (Wildman–Crippen MR) is 119 cm³/mol. The molecule has 10 heteroatoms. The van der Waals surface area contributed by atoms with E-state index in [0.29, 0.717) is 0 Å². The van der Waals surface area contributed by atoms with E-state index in [1.54, 1.807) is 24.3 Å². The van der Waals surface area contributed by atoms with E-state index in [2.05, 4.69) is 10.6 Å². The van der Waals surface area contributed by atoms with Gasteiger partial charge in [-0.15, -0.1) is 0 Å². The lowest BCUT2D eigenvalue weighted by Crippen LogP contribution is -2.54. The van der Waals surface area contributed by atoms with Crippen molar-refractivity contribution in [1.29, 1.82) is 0 Å². The van der Waals surface area contributed by atoms with E-state index in [1.165, 1.54) is 12.1 Å². The molecule has 0 saturated heterocycles. The molecule has 0 aliphatic rings. The number of carbonyl (C=O) groups is 3. The van der Waals surface area contributed by atoms with Gasteiger partial charge in [0.05, 0.1) is 5.56 Å². The molecule has 0 fully saturated rings. The normalized spacial score (nSPS) is 13.1.